The van der Waals surface area contributed by atoms with E-state index in [9.17, 15) is 5.11 Å². The average molecular weight is 392 g/mol. The number of unbranched alkanes of at least 4 members (excludes halogenated alkanes) is 1. The van der Waals surface area contributed by atoms with Crippen molar-refractivity contribution in [3.8, 4) is 0 Å². The predicted octanol–water partition coefficient (Wildman–Crippen LogP) is 5.12. The maximum absolute atomic E-state index is 10.6. The lowest BCUT2D eigenvalue weighted by atomic mass is 9.45. The van der Waals surface area contributed by atoms with Gasteiger partial charge in [0.1, 0.15) is 0 Å². The quantitative estimate of drug-likeness (QED) is 0.638. The second-order valence-electron chi connectivity index (χ2n) is 11.6. The maximum Gasteiger partial charge on any atom is 0.0596 e. The van der Waals surface area contributed by atoms with Crippen LogP contribution in [0.2, 0.25) is 0 Å². The number of nitrogens with zero attached hydrogens (tertiary/aromatic N) is 1. The van der Waals surface area contributed by atoms with Gasteiger partial charge in [0, 0.05) is 6.61 Å². The van der Waals surface area contributed by atoms with Gasteiger partial charge in [-0.2, -0.15) is 0 Å². The molecule has 0 radical (unpaired) electrons. The van der Waals surface area contributed by atoms with Gasteiger partial charge in [0.05, 0.1) is 12.2 Å². The maximum atomic E-state index is 10.6. The van der Waals surface area contributed by atoms with Gasteiger partial charge in [0.25, 0.3) is 0 Å². The highest BCUT2D eigenvalue weighted by molar-refractivity contribution is 5.09. The summed E-state index contributed by atoms with van der Waals surface area (Å²) < 4.78 is 6.34. The van der Waals surface area contributed by atoms with Crippen LogP contribution in [0.25, 0.3) is 0 Å². The minimum absolute atomic E-state index is 0.0411. The Labute approximate surface area is 173 Å². The first-order chi connectivity index (χ1) is 13.3. The van der Waals surface area contributed by atoms with Gasteiger partial charge >= 0.3 is 0 Å². The summed E-state index contributed by atoms with van der Waals surface area (Å²) in [4.78, 5) is 2.27. The monoisotopic (exact) mass is 391 g/mol. The van der Waals surface area contributed by atoms with Crippen molar-refractivity contribution in [2.75, 3.05) is 27.2 Å². The van der Waals surface area contributed by atoms with Gasteiger partial charge in [-0.15, -0.1) is 0 Å². The fraction of sp³-hybridized carbons (Fsp3) is 1.00. The molecule has 28 heavy (non-hydrogen) atoms. The summed E-state index contributed by atoms with van der Waals surface area (Å²) in [6, 6.07) is 0. The smallest absolute Gasteiger partial charge is 0.0596 e. The predicted molar refractivity (Wildman–Crippen MR) is 115 cm³/mol. The van der Waals surface area contributed by atoms with E-state index in [2.05, 4.69) is 32.8 Å². The van der Waals surface area contributed by atoms with Gasteiger partial charge in [-0.3, -0.25) is 0 Å². The van der Waals surface area contributed by atoms with Crippen molar-refractivity contribution in [2.24, 2.45) is 34.5 Å². The van der Waals surface area contributed by atoms with Crippen molar-refractivity contribution >= 4 is 0 Å². The van der Waals surface area contributed by atoms with Crippen LogP contribution in [0.15, 0.2) is 0 Å². The van der Waals surface area contributed by atoms with E-state index in [4.69, 9.17) is 4.74 Å². The number of ether oxygens (including phenoxy) is 1. The molecule has 0 aromatic rings. The van der Waals surface area contributed by atoms with E-state index >= 15 is 0 Å². The lowest BCUT2D eigenvalue weighted by Crippen LogP contribution is -2.54. The summed E-state index contributed by atoms with van der Waals surface area (Å²) in [7, 11) is 4.30. The molecule has 3 heteroatoms. The summed E-state index contributed by atoms with van der Waals surface area (Å²) in [6.45, 7) is 7.16. The first kappa shape index (κ1) is 21.1. The highest BCUT2D eigenvalue weighted by Gasteiger charge is 2.60. The zero-order valence-corrected chi connectivity index (χ0v) is 19.0. The van der Waals surface area contributed by atoms with Crippen molar-refractivity contribution in [2.45, 2.75) is 96.7 Å². The second kappa shape index (κ2) is 8.19. The van der Waals surface area contributed by atoms with Gasteiger partial charge in [-0.1, -0.05) is 13.8 Å². The minimum atomic E-state index is -0.0411. The molecule has 1 N–H and O–H groups in total. The van der Waals surface area contributed by atoms with E-state index in [1.807, 2.05) is 0 Å². The standard InChI is InChI=1S/C25H45NO2/c1-24-13-11-19(28-16-6-5-15-26(3)4)17-18(24)7-8-20-21-9-10-23(27)25(21,2)14-12-22(20)24/h18-23,27H,5-17H2,1-4H3/t18?,19-,20?,21?,22?,23-,24-,25-/m0/s1. The minimum Gasteiger partial charge on any atom is -0.393 e. The van der Waals surface area contributed by atoms with Gasteiger partial charge in [0.2, 0.25) is 0 Å². The molecular weight excluding hydrogens is 346 g/mol. The summed E-state index contributed by atoms with van der Waals surface area (Å²) >= 11 is 0. The van der Waals surface area contributed by atoms with E-state index in [1.165, 1.54) is 70.8 Å². The number of rotatable bonds is 6. The Morgan fingerprint density at radius 2 is 1.64 bits per heavy atom. The van der Waals surface area contributed by atoms with Crippen LogP contribution in [0, 0.1) is 34.5 Å². The molecule has 0 amide bonds. The molecule has 0 aliphatic heterocycles. The number of hydrogen-bond donors (Lipinski definition) is 1. The van der Waals surface area contributed by atoms with E-state index < -0.39 is 0 Å². The van der Waals surface area contributed by atoms with Crippen molar-refractivity contribution < 1.29 is 9.84 Å². The Morgan fingerprint density at radius 1 is 0.893 bits per heavy atom. The lowest BCUT2D eigenvalue weighted by Gasteiger charge is -2.60. The zero-order chi connectivity index (χ0) is 19.9. The van der Waals surface area contributed by atoms with Crippen molar-refractivity contribution in [3.63, 3.8) is 0 Å². The number of hydrogen-bond acceptors (Lipinski definition) is 3. The fourth-order valence-electron chi connectivity index (χ4n) is 8.12. The molecule has 4 unspecified atom stereocenters. The van der Waals surface area contributed by atoms with Gasteiger partial charge in [-0.05, 0) is 126 Å². The number of fused-ring (bicyclic) bond motifs is 5. The zero-order valence-electron chi connectivity index (χ0n) is 19.0. The molecule has 0 saturated heterocycles. The van der Waals surface area contributed by atoms with Crippen LogP contribution in [-0.4, -0.2) is 49.5 Å². The molecule has 4 aliphatic carbocycles. The molecule has 3 nitrogen and oxygen atoms in total. The third-order valence-corrected chi connectivity index (χ3v) is 9.92. The first-order valence-corrected chi connectivity index (χ1v) is 12.3. The summed E-state index contributed by atoms with van der Waals surface area (Å²) in [5, 5.41) is 10.6. The molecule has 0 heterocycles. The van der Waals surface area contributed by atoms with Gasteiger partial charge in [-0.25, -0.2) is 0 Å². The molecule has 4 rings (SSSR count). The van der Waals surface area contributed by atoms with E-state index in [-0.39, 0.29) is 11.5 Å². The number of aliphatic hydroxyl groups is 1. The Kier molecular flexibility index (Phi) is 6.18. The first-order valence-electron chi connectivity index (χ1n) is 12.3. The third kappa shape index (κ3) is 3.69. The van der Waals surface area contributed by atoms with Crippen LogP contribution in [-0.2, 0) is 4.74 Å². The van der Waals surface area contributed by atoms with Crippen LogP contribution < -0.4 is 0 Å². The molecule has 162 valence electrons. The lowest BCUT2D eigenvalue weighted by molar-refractivity contribution is -0.140. The highest BCUT2D eigenvalue weighted by atomic mass is 16.5. The van der Waals surface area contributed by atoms with Crippen LogP contribution in [0.3, 0.4) is 0 Å². The van der Waals surface area contributed by atoms with Crippen molar-refractivity contribution in [1.82, 2.24) is 4.90 Å². The highest BCUT2D eigenvalue weighted by Crippen LogP contribution is 2.66. The molecule has 4 saturated carbocycles. The third-order valence-electron chi connectivity index (χ3n) is 9.92. The molecule has 0 aromatic carbocycles. The van der Waals surface area contributed by atoms with Crippen LogP contribution in [0.1, 0.15) is 84.5 Å². The number of aliphatic hydroxyl groups excluding tert-OH is 1. The van der Waals surface area contributed by atoms with Gasteiger partial charge < -0.3 is 14.7 Å². The van der Waals surface area contributed by atoms with Crippen LogP contribution >= 0.6 is 0 Å². The fourth-order valence-corrected chi connectivity index (χ4v) is 8.12. The summed E-state index contributed by atoms with van der Waals surface area (Å²) in [5.74, 6) is 3.42. The molecule has 0 aromatic heterocycles. The normalized spacial score (nSPS) is 48.2. The molecule has 4 fully saturated rings. The SMILES string of the molecule is CN(C)CCCCO[C@H]1CC[C@@]2(C)C(CCC3C2CC[C@@]2(C)C3CC[C@@H]2O)C1. The van der Waals surface area contributed by atoms with Gasteiger partial charge in [0.15, 0.2) is 0 Å². The Morgan fingerprint density at radius 3 is 2.43 bits per heavy atom. The summed E-state index contributed by atoms with van der Waals surface area (Å²) in [5.41, 5.74) is 0.750. The Balaban J connectivity index is 1.33. The molecule has 0 spiro atoms. The average Bonchev–Trinajstić information content (AvgIpc) is 2.96. The molecular formula is C25H45NO2. The topological polar surface area (TPSA) is 32.7 Å². The Bertz CT molecular complexity index is 537. The summed E-state index contributed by atoms with van der Waals surface area (Å²) in [6.07, 6.45) is 14.6. The molecule has 0 bridgehead atoms. The van der Waals surface area contributed by atoms with E-state index in [0.29, 0.717) is 11.5 Å². The molecule has 8 atom stereocenters. The van der Waals surface area contributed by atoms with Crippen molar-refractivity contribution in [3.05, 3.63) is 0 Å². The van der Waals surface area contributed by atoms with Crippen LogP contribution in [0.4, 0.5) is 0 Å². The van der Waals surface area contributed by atoms with Crippen LogP contribution in [0.5, 0.6) is 0 Å². The van der Waals surface area contributed by atoms with E-state index in [1.54, 1.807) is 0 Å². The molecule has 4 aliphatic rings. The largest absolute Gasteiger partial charge is 0.393 e. The van der Waals surface area contributed by atoms with Crippen molar-refractivity contribution in [1.29, 1.82) is 0 Å². The van der Waals surface area contributed by atoms with E-state index in [0.717, 1.165) is 36.7 Å². The Hall–Kier alpha value is -0.120. The second-order valence-corrected chi connectivity index (χ2v) is 11.6.